The van der Waals surface area contributed by atoms with Gasteiger partial charge >= 0.3 is 0 Å². The second kappa shape index (κ2) is 5.92. The van der Waals surface area contributed by atoms with Crippen LogP contribution >= 0.6 is 27.5 Å². The number of benzene rings is 1. The zero-order chi connectivity index (χ0) is 14.0. The second-order valence-electron chi connectivity index (χ2n) is 4.16. The maximum Gasteiger partial charge on any atom is 0.147 e. The first-order valence-electron chi connectivity index (χ1n) is 5.92. The van der Waals surface area contributed by atoms with Crippen molar-refractivity contribution in [1.82, 2.24) is 9.78 Å². The molecule has 0 fully saturated rings. The van der Waals surface area contributed by atoms with E-state index < -0.39 is 0 Å². The highest BCUT2D eigenvalue weighted by atomic mass is 79.9. The zero-order valence-corrected chi connectivity index (χ0v) is 13.0. The first-order valence-corrected chi connectivity index (χ1v) is 7.09. The molecule has 2 aromatic rings. The molecule has 0 aliphatic rings. The summed E-state index contributed by atoms with van der Waals surface area (Å²) in [7, 11) is 1.83. The van der Waals surface area contributed by atoms with E-state index in [-0.39, 0.29) is 5.82 Å². The minimum absolute atomic E-state index is 0.302. The molecular formula is C13H14BrClFN3. The van der Waals surface area contributed by atoms with Gasteiger partial charge in [-0.15, -0.1) is 0 Å². The summed E-state index contributed by atoms with van der Waals surface area (Å²) >= 11 is 9.46. The van der Waals surface area contributed by atoms with Gasteiger partial charge in [0.2, 0.25) is 0 Å². The van der Waals surface area contributed by atoms with Gasteiger partial charge in [-0.05, 0) is 24.6 Å². The Balaban J connectivity index is 2.16. The van der Waals surface area contributed by atoms with Crippen LogP contribution in [0.1, 0.15) is 18.3 Å². The minimum Gasteiger partial charge on any atom is -0.377 e. The number of anilines is 1. The molecule has 19 heavy (non-hydrogen) atoms. The Hall–Kier alpha value is -1.07. The van der Waals surface area contributed by atoms with Crippen molar-refractivity contribution in [3.05, 3.63) is 44.9 Å². The Morgan fingerprint density at radius 1 is 1.47 bits per heavy atom. The standard InChI is InChI=1S/C13H14BrClFN3/c1-3-10-13(15)12(19(2)18-10)7-17-11-5-4-8(14)6-9(11)16/h4-6,17H,3,7H2,1-2H3. The maximum atomic E-state index is 13.7. The molecule has 102 valence electrons. The second-order valence-corrected chi connectivity index (χ2v) is 5.46. The van der Waals surface area contributed by atoms with E-state index in [2.05, 4.69) is 26.3 Å². The first kappa shape index (κ1) is 14.3. The van der Waals surface area contributed by atoms with Gasteiger partial charge in [0.25, 0.3) is 0 Å². The van der Waals surface area contributed by atoms with E-state index >= 15 is 0 Å². The summed E-state index contributed by atoms with van der Waals surface area (Å²) in [5.41, 5.74) is 2.15. The number of rotatable bonds is 4. The zero-order valence-electron chi connectivity index (χ0n) is 10.7. The maximum absolute atomic E-state index is 13.7. The summed E-state index contributed by atoms with van der Waals surface area (Å²) in [6.45, 7) is 2.43. The smallest absolute Gasteiger partial charge is 0.147 e. The molecule has 1 heterocycles. The molecular weight excluding hydrogens is 333 g/mol. The van der Waals surface area contributed by atoms with Crippen LogP contribution in [0.5, 0.6) is 0 Å². The molecule has 0 amide bonds. The Bertz CT molecular complexity index is 598. The average molecular weight is 347 g/mol. The van der Waals surface area contributed by atoms with Gasteiger partial charge in [-0.3, -0.25) is 4.68 Å². The monoisotopic (exact) mass is 345 g/mol. The average Bonchev–Trinajstić information content (AvgIpc) is 2.64. The number of nitrogens with one attached hydrogen (secondary N) is 1. The van der Waals surface area contributed by atoms with Crippen molar-refractivity contribution >= 4 is 33.2 Å². The molecule has 3 nitrogen and oxygen atoms in total. The molecule has 0 radical (unpaired) electrons. The molecule has 0 spiro atoms. The number of hydrogen-bond donors (Lipinski definition) is 1. The summed E-state index contributed by atoms with van der Waals surface area (Å²) in [6, 6.07) is 4.89. The largest absolute Gasteiger partial charge is 0.377 e. The van der Waals surface area contributed by atoms with Gasteiger partial charge in [0, 0.05) is 11.5 Å². The predicted octanol–water partition coefficient (Wildman–Crippen LogP) is 4.15. The third kappa shape index (κ3) is 3.09. The van der Waals surface area contributed by atoms with Crippen LogP contribution in [0.25, 0.3) is 0 Å². The Morgan fingerprint density at radius 3 is 2.79 bits per heavy atom. The summed E-state index contributed by atoms with van der Waals surface area (Å²) in [6.07, 6.45) is 0.777. The fourth-order valence-electron chi connectivity index (χ4n) is 1.82. The SMILES string of the molecule is CCc1nn(C)c(CNc2ccc(Br)cc2F)c1Cl. The van der Waals surface area contributed by atoms with Crippen molar-refractivity contribution in [3.63, 3.8) is 0 Å². The van der Waals surface area contributed by atoms with Crippen LogP contribution in [0.15, 0.2) is 22.7 Å². The van der Waals surface area contributed by atoms with Crippen molar-refractivity contribution in [2.24, 2.45) is 7.05 Å². The molecule has 0 saturated heterocycles. The Labute approximate surface area is 124 Å². The van der Waals surface area contributed by atoms with Gasteiger partial charge in [0.15, 0.2) is 0 Å². The van der Waals surface area contributed by atoms with Crippen molar-refractivity contribution in [3.8, 4) is 0 Å². The molecule has 0 aliphatic heterocycles. The number of halogens is 3. The van der Waals surface area contributed by atoms with E-state index in [4.69, 9.17) is 11.6 Å². The highest BCUT2D eigenvalue weighted by Gasteiger charge is 2.13. The van der Waals surface area contributed by atoms with Crippen LogP contribution in [0.3, 0.4) is 0 Å². The molecule has 0 aliphatic carbocycles. The van der Waals surface area contributed by atoms with Crippen LogP contribution in [0.2, 0.25) is 5.02 Å². The minimum atomic E-state index is -0.302. The van der Waals surface area contributed by atoms with E-state index in [1.807, 2.05) is 14.0 Å². The van der Waals surface area contributed by atoms with Gasteiger partial charge in [-0.2, -0.15) is 5.10 Å². The molecule has 0 saturated carbocycles. The van der Waals surface area contributed by atoms with Crippen molar-refractivity contribution in [2.45, 2.75) is 19.9 Å². The third-order valence-electron chi connectivity index (χ3n) is 2.88. The molecule has 0 atom stereocenters. The molecule has 6 heteroatoms. The van der Waals surface area contributed by atoms with Crippen LogP contribution in [0, 0.1) is 5.82 Å². The summed E-state index contributed by atoms with van der Waals surface area (Å²) in [5.74, 6) is -0.302. The molecule has 1 N–H and O–H groups in total. The molecule has 2 rings (SSSR count). The van der Waals surface area contributed by atoms with Crippen LogP contribution in [-0.2, 0) is 20.0 Å². The van der Waals surface area contributed by atoms with Crippen LogP contribution in [0.4, 0.5) is 10.1 Å². The van der Waals surface area contributed by atoms with Gasteiger partial charge in [0.1, 0.15) is 5.82 Å². The number of aryl methyl sites for hydroxylation is 2. The Kier molecular flexibility index (Phi) is 4.47. The summed E-state index contributed by atoms with van der Waals surface area (Å²) in [5, 5.41) is 8.00. The summed E-state index contributed by atoms with van der Waals surface area (Å²) in [4.78, 5) is 0. The Morgan fingerprint density at radius 2 is 2.21 bits per heavy atom. The predicted molar refractivity (Wildman–Crippen MR) is 79.0 cm³/mol. The fourth-order valence-corrected chi connectivity index (χ4v) is 2.52. The van der Waals surface area contributed by atoms with E-state index in [0.717, 1.165) is 17.8 Å². The lowest BCUT2D eigenvalue weighted by atomic mass is 10.2. The first-order chi connectivity index (χ1) is 9.02. The third-order valence-corrected chi connectivity index (χ3v) is 3.81. The van der Waals surface area contributed by atoms with Crippen LogP contribution in [-0.4, -0.2) is 9.78 Å². The highest BCUT2D eigenvalue weighted by Crippen LogP contribution is 2.24. The van der Waals surface area contributed by atoms with E-state index in [1.54, 1.807) is 16.8 Å². The number of nitrogens with zero attached hydrogens (tertiary/aromatic N) is 2. The van der Waals surface area contributed by atoms with Crippen molar-refractivity contribution in [1.29, 1.82) is 0 Å². The van der Waals surface area contributed by atoms with Gasteiger partial charge in [-0.1, -0.05) is 34.5 Å². The van der Waals surface area contributed by atoms with E-state index in [0.29, 0.717) is 21.7 Å². The topological polar surface area (TPSA) is 29.9 Å². The molecule has 1 aromatic heterocycles. The van der Waals surface area contributed by atoms with Gasteiger partial charge in [-0.25, -0.2) is 4.39 Å². The quantitative estimate of drug-likeness (QED) is 0.901. The number of hydrogen-bond acceptors (Lipinski definition) is 2. The molecule has 1 aromatic carbocycles. The van der Waals surface area contributed by atoms with Crippen LogP contribution < -0.4 is 5.32 Å². The lowest BCUT2D eigenvalue weighted by Crippen LogP contribution is -2.07. The van der Waals surface area contributed by atoms with Crippen molar-refractivity contribution in [2.75, 3.05) is 5.32 Å². The van der Waals surface area contributed by atoms with E-state index in [1.165, 1.54) is 6.07 Å². The number of aromatic nitrogens is 2. The molecule has 0 unspecified atom stereocenters. The van der Waals surface area contributed by atoms with Gasteiger partial charge in [0.05, 0.1) is 28.6 Å². The van der Waals surface area contributed by atoms with Crippen molar-refractivity contribution < 1.29 is 4.39 Å². The lowest BCUT2D eigenvalue weighted by Gasteiger charge is -2.08. The molecule has 0 bridgehead atoms. The summed E-state index contributed by atoms with van der Waals surface area (Å²) < 4.78 is 16.1. The van der Waals surface area contributed by atoms with E-state index in [9.17, 15) is 4.39 Å². The normalized spacial score (nSPS) is 10.8. The van der Waals surface area contributed by atoms with Gasteiger partial charge < -0.3 is 5.32 Å². The highest BCUT2D eigenvalue weighted by molar-refractivity contribution is 9.10. The fraction of sp³-hybridized carbons (Fsp3) is 0.308. The lowest BCUT2D eigenvalue weighted by molar-refractivity contribution is 0.628.